The van der Waals surface area contributed by atoms with Crippen molar-refractivity contribution < 1.29 is 9.15 Å². The monoisotopic (exact) mass is 344 g/mol. The molecule has 3 heterocycles. The molecule has 5 rings (SSSR count). The fourth-order valence-corrected chi connectivity index (χ4v) is 3.72. The van der Waals surface area contributed by atoms with Gasteiger partial charge in [0, 0.05) is 17.5 Å². The Kier molecular flexibility index (Phi) is 3.38. The molecule has 0 saturated heterocycles. The van der Waals surface area contributed by atoms with Gasteiger partial charge in [-0.3, -0.25) is 0 Å². The molecule has 0 N–H and O–H groups in total. The molecule has 0 unspecified atom stereocenters. The molecule has 1 aromatic heterocycles. The van der Waals surface area contributed by atoms with E-state index in [1.165, 1.54) is 11.1 Å². The minimum absolute atomic E-state index is 0.159. The second kappa shape index (κ2) is 5.77. The SMILES string of the molecule is Cc1ccc([C@@H]2Oc3ccccc3[C@H]3CC(c4ccc(C)o4)=NN32)cc1. The van der Waals surface area contributed by atoms with E-state index in [2.05, 4.69) is 48.3 Å². The summed E-state index contributed by atoms with van der Waals surface area (Å²) in [5.41, 5.74) is 4.49. The number of hydrazone groups is 1. The zero-order chi connectivity index (χ0) is 17.7. The maximum Gasteiger partial charge on any atom is 0.213 e. The van der Waals surface area contributed by atoms with Crippen LogP contribution in [0.25, 0.3) is 0 Å². The number of fused-ring (bicyclic) bond motifs is 3. The summed E-state index contributed by atoms with van der Waals surface area (Å²) in [5, 5.41) is 6.99. The van der Waals surface area contributed by atoms with Gasteiger partial charge in [0.25, 0.3) is 0 Å². The molecular weight excluding hydrogens is 324 g/mol. The van der Waals surface area contributed by atoms with E-state index in [4.69, 9.17) is 14.3 Å². The van der Waals surface area contributed by atoms with E-state index in [-0.39, 0.29) is 12.3 Å². The third-order valence-corrected chi connectivity index (χ3v) is 5.09. The molecule has 0 bridgehead atoms. The van der Waals surface area contributed by atoms with Crippen LogP contribution in [-0.2, 0) is 0 Å². The fraction of sp³-hybridized carbons (Fsp3) is 0.227. The summed E-state index contributed by atoms with van der Waals surface area (Å²) < 4.78 is 12.2. The summed E-state index contributed by atoms with van der Waals surface area (Å²) in [4.78, 5) is 0. The molecule has 0 saturated carbocycles. The number of benzene rings is 2. The molecule has 26 heavy (non-hydrogen) atoms. The molecule has 0 spiro atoms. The molecule has 0 aliphatic carbocycles. The van der Waals surface area contributed by atoms with E-state index in [0.29, 0.717) is 0 Å². The lowest BCUT2D eigenvalue weighted by Gasteiger charge is -2.38. The Bertz CT molecular complexity index is 987. The number of hydrogen-bond acceptors (Lipinski definition) is 4. The van der Waals surface area contributed by atoms with Crippen LogP contribution in [0.5, 0.6) is 5.75 Å². The first kappa shape index (κ1) is 15.3. The molecule has 0 amide bonds. The van der Waals surface area contributed by atoms with Crippen LogP contribution in [0, 0.1) is 13.8 Å². The lowest BCUT2D eigenvalue weighted by molar-refractivity contribution is -0.0190. The first-order chi connectivity index (χ1) is 12.7. The van der Waals surface area contributed by atoms with E-state index in [1.807, 2.05) is 31.2 Å². The van der Waals surface area contributed by atoms with Crippen LogP contribution in [0.4, 0.5) is 0 Å². The van der Waals surface area contributed by atoms with Gasteiger partial charge in [0.1, 0.15) is 23.0 Å². The van der Waals surface area contributed by atoms with Crippen LogP contribution in [-0.4, -0.2) is 10.7 Å². The van der Waals surface area contributed by atoms with E-state index in [0.717, 1.165) is 35.0 Å². The van der Waals surface area contributed by atoms with Crippen LogP contribution in [0.15, 0.2) is 70.2 Å². The predicted octanol–water partition coefficient (Wildman–Crippen LogP) is 5.14. The van der Waals surface area contributed by atoms with Crippen molar-refractivity contribution in [3.63, 3.8) is 0 Å². The highest BCUT2D eigenvalue weighted by Gasteiger charge is 2.41. The summed E-state index contributed by atoms with van der Waals surface area (Å²) in [7, 11) is 0. The van der Waals surface area contributed by atoms with E-state index in [1.54, 1.807) is 0 Å². The molecular formula is C22H20N2O2. The summed E-state index contributed by atoms with van der Waals surface area (Å²) in [6, 6.07) is 20.9. The number of furan rings is 1. The zero-order valence-corrected chi connectivity index (χ0v) is 14.8. The Labute approximate surface area is 152 Å². The lowest BCUT2D eigenvalue weighted by Crippen LogP contribution is -2.33. The minimum Gasteiger partial charge on any atom is -0.464 e. The number of nitrogens with zero attached hydrogens (tertiary/aromatic N) is 2. The zero-order valence-electron chi connectivity index (χ0n) is 14.8. The van der Waals surface area contributed by atoms with Crippen LogP contribution < -0.4 is 4.74 Å². The molecule has 2 aliphatic heterocycles. The second-order valence-corrected chi connectivity index (χ2v) is 6.98. The highest BCUT2D eigenvalue weighted by Crippen LogP contribution is 2.47. The normalized spacial score (nSPS) is 21.0. The van der Waals surface area contributed by atoms with E-state index < -0.39 is 0 Å². The average molecular weight is 344 g/mol. The average Bonchev–Trinajstić information content (AvgIpc) is 3.28. The largest absolute Gasteiger partial charge is 0.464 e. The molecule has 4 nitrogen and oxygen atoms in total. The first-order valence-electron chi connectivity index (χ1n) is 8.94. The van der Waals surface area contributed by atoms with Gasteiger partial charge in [-0.05, 0) is 32.0 Å². The van der Waals surface area contributed by atoms with Crippen LogP contribution >= 0.6 is 0 Å². The van der Waals surface area contributed by atoms with Crippen LogP contribution in [0.3, 0.4) is 0 Å². The van der Waals surface area contributed by atoms with Crippen molar-refractivity contribution in [1.29, 1.82) is 0 Å². The van der Waals surface area contributed by atoms with Crippen molar-refractivity contribution in [2.24, 2.45) is 5.10 Å². The topological polar surface area (TPSA) is 38.0 Å². The maximum absolute atomic E-state index is 6.35. The Balaban J connectivity index is 1.59. The Morgan fingerprint density at radius 1 is 0.962 bits per heavy atom. The predicted molar refractivity (Wildman–Crippen MR) is 100 cm³/mol. The molecule has 0 radical (unpaired) electrons. The summed E-state index contributed by atoms with van der Waals surface area (Å²) in [6.45, 7) is 4.05. The molecule has 3 aromatic rings. The van der Waals surface area contributed by atoms with Gasteiger partial charge in [-0.15, -0.1) is 0 Å². The van der Waals surface area contributed by atoms with Gasteiger partial charge >= 0.3 is 0 Å². The summed E-state index contributed by atoms with van der Waals surface area (Å²) >= 11 is 0. The van der Waals surface area contributed by atoms with E-state index in [9.17, 15) is 0 Å². The van der Waals surface area contributed by atoms with Crippen molar-refractivity contribution >= 4 is 5.71 Å². The van der Waals surface area contributed by atoms with Gasteiger partial charge in [0.2, 0.25) is 6.23 Å². The molecule has 2 atom stereocenters. The van der Waals surface area contributed by atoms with Gasteiger partial charge < -0.3 is 9.15 Å². The quantitative estimate of drug-likeness (QED) is 0.646. The van der Waals surface area contributed by atoms with Crippen molar-refractivity contribution in [2.45, 2.75) is 32.5 Å². The van der Waals surface area contributed by atoms with Gasteiger partial charge in [-0.1, -0.05) is 48.0 Å². The van der Waals surface area contributed by atoms with Crippen LogP contribution in [0.1, 0.15) is 46.9 Å². The highest BCUT2D eigenvalue weighted by molar-refractivity contribution is 5.99. The maximum atomic E-state index is 6.35. The number of ether oxygens (including phenoxy) is 1. The Hall–Kier alpha value is -3.01. The third kappa shape index (κ3) is 2.41. The molecule has 2 aromatic carbocycles. The van der Waals surface area contributed by atoms with Crippen molar-refractivity contribution in [3.8, 4) is 5.75 Å². The van der Waals surface area contributed by atoms with E-state index >= 15 is 0 Å². The van der Waals surface area contributed by atoms with Gasteiger partial charge in [0.05, 0.1) is 6.04 Å². The van der Waals surface area contributed by atoms with Gasteiger partial charge in [-0.25, -0.2) is 5.01 Å². The van der Waals surface area contributed by atoms with Crippen LogP contribution in [0.2, 0.25) is 0 Å². The summed E-state index contributed by atoms with van der Waals surface area (Å²) in [5.74, 6) is 2.68. The smallest absolute Gasteiger partial charge is 0.213 e. The Morgan fingerprint density at radius 2 is 1.77 bits per heavy atom. The summed E-state index contributed by atoms with van der Waals surface area (Å²) in [6.07, 6.45) is 0.583. The number of hydrogen-bond donors (Lipinski definition) is 0. The number of aryl methyl sites for hydroxylation is 2. The number of rotatable bonds is 2. The molecule has 4 heteroatoms. The van der Waals surface area contributed by atoms with Crippen molar-refractivity contribution in [1.82, 2.24) is 5.01 Å². The fourth-order valence-electron chi connectivity index (χ4n) is 3.72. The highest BCUT2D eigenvalue weighted by atomic mass is 16.5. The number of para-hydroxylation sites is 1. The minimum atomic E-state index is -0.232. The van der Waals surface area contributed by atoms with Gasteiger partial charge in [0.15, 0.2) is 0 Å². The Morgan fingerprint density at radius 3 is 2.54 bits per heavy atom. The van der Waals surface area contributed by atoms with Crippen molar-refractivity contribution in [2.75, 3.05) is 0 Å². The molecule has 0 fully saturated rings. The molecule has 130 valence electrons. The molecule has 2 aliphatic rings. The standard InChI is InChI=1S/C22H20N2O2/c1-14-7-10-16(11-8-14)22-24-19(17-5-3-4-6-20(17)26-22)13-18(23-24)21-12-9-15(2)25-21/h3-12,19,22H,13H2,1-2H3/t19-,22+/m1/s1. The van der Waals surface area contributed by atoms with Gasteiger partial charge in [-0.2, -0.15) is 5.10 Å². The lowest BCUT2D eigenvalue weighted by atomic mass is 9.97. The second-order valence-electron chi connectivity index (χ2n) is 6.98. The van der Waals surface area contributed by atoms with Crippen molar-refractivity contribution in [3.05, 3.63) is 88.9 Å². The third-order valence-electron chi connectivity index (χ3n) is 5.09. The first-order valence-corrected chi connectivity index (χ1v) is 8.94.